The fraction of sp³-hybridized carbons (Fsp3) is 0.412. The Morgan fingerprint density at radius 2 is 2.00 bits per heavy atom. The third-order valence-electron chi connectivity index (χ3n) is 3.84. The third kappa shape index (κ3) is 3.30. The monoisotopic (exact) mass is 302 g/mol. The number of hydrogen-bond acceptors (Lipinski definition) is 3. The van der Waals surface area contributed by atoms with Crippen LogP contribution in [0, 0.1) is 0 Å². The van der Waals surface area contributed by atoms with Crippen LogP contribution in [0.25, 0.3) is 0 Å². The van der Waals surface area contributed by atoms with E-state index < -0.39 is 6.04 Å². The largest absolute Gasteiger partial charge is 0.462 e. The molecule has 5 heteroatoms. The molecular weight excluding hydrogens is 280 g/mol. The third-order valence-corrected chi connectivity index (χ3v) is 3.84. The Morgan fingerprint density at radius 3 is 2.64 bits per heavy atom. The van der Waals surface area contributed by atoms with E-state index in [2.05, 4.69) is 5.32 Å². The van der Waals surface area contributed by atoms with Crippen LogP contribution in [0.5, 0.6) is 0 Å². The molecule has 0 aromatic heterocycles. The highest BCUT2D eigenvalue weighted by atomic mass is 16.5. The van der Waals surface area contributed by atoms with Gasteiger partial charge in [-0.3, -0.25) is 0 Å². The highest BCUT2D eigenvalue weighted by molar-refractivity contribution is 5.94. The summed E-state index contributed by atoms with van der Waals surface area (Å²) in [6.07, 6.45) is 1.79. The van der Waals surface area contributed by atoms with Crippen LogP contribution >= 0.6 is 0 Å². The van der Waals surface area contributed by atoms with Gasteiger partial charge in [-0.05, 0) is 18.9 Å². The van der Waals surface area contributed by atoms with Gasteiger partial charge in [0.05, 0.1) is 18.2 Å². The lowest BCUT2D eigenvalue weighted by atomic mass is 9.95. The average molecular weight is 302 g/mol. The fourth-order valence-electron chi connectivity index (χ4n) is 2.38. The summed E-state index contributed by atoms with van der Waals surface area (Å²) < 4.78 is 5.35. The van der Waals surface area contributed by atoms with Gasteiger partial charge >= 0.3 is 12.0 Å². The topological polar surface area (TPSA) is 58.6 Å². The van der Waals surface area contributed by atoms with Crippen molar-refractivity contribution in [2.75, 3.05) is 13.7 Å². The Hall–Kier alpha value is -2.30. The molecule has 1 aromatic rings. The highest BCUT2D eigenvalue weighted by Gasteiger charge is 2.34. The summed E-state index contributed by atoms with van der Waals surface area (Å²) in [7, 11) is 1.64. The Balaban J connectivity index is 2.34. The lowest BCUT2D eigenvalue weighted by Gasteiger charge is -2.33. The van der Waals surface area contributed by atoms with Crippen molar-refractivity contribution in [3.05, 3.63) is 47.2 Å². The van der Waals surface area contributed by atoms with Gasteiger partial charge in [0.2, 0.25) is 0 Å². The SMILES string of the molecule is CCCCOC(=O)C1=C(C)N(C)C(=O)N[C@H]1c1ccccc1. The van der Waals surface area contributed by atoms with Crippen LogP contribution in [0.1, 0.15) is 38.3 Å². The second kappa shape index (κ2) is 7.11. The number of unbranched alkanes of at least 4 members (excludes halogenated alkanes) is 1. The van der Waals surface area contributed by atoms with E-state index in [1.807, 2.05) is 37.3 Å². The summed E-state index contributed by atoms with van der Waals surface area (Å²) >= 11 is 0. The van der Waals surface area contributed by atoms with Crippen molar-refractivity contribution in [1.82, 2.24) is 10.2 Å². The van der Waals surface area contributed by atoms with E-state index in [-0.39, 0.29) is 12.0 Å². The number of amides is 2. The number of urea groups is 1. The summed E-state index contributed by atoms with van der Waals surface area (Å²) in [4.78, 5) is 25.9. The second-order valence-electron chi connectivity index (χ2n) is 5.34. The van der Waals surface area contributed by atoms with Crippen molar-refractivity contribution < 1.29 is 14.3 Å². The van der Waals surface area contributed by atoms with Crippen molar-refractivity contribution in [3.63, 3.8) is 0 Å². The van der Waals surface area contributed by atoms with Gasteiger partial charge in [-0.1, -0.05) is 43.7 Å². The van der Waals surface area contributed by atoms with E-state index in [9.17, 15) is 9.59 Å². The molecule has 2 amide bonds. The van der Waals surface area contributed by atoms with Crippen molar-refractivity contribution in [2.24, 2.45) is 0 Å². The minimum Gasteiger partial charge on any atom is -0.462 e. The summed E-state index contributed by atoms with van der Waals surface area (Å²) in [5.41, 5.74) is 1.98. The first-order valence-electron chi connectivity index (χ1n) is 7.53. The summed E-state index contributed by atoms with van der Waals surface area (Å²) in [5.74, 6) is -0.369. The van der Waals surface area contributed by atoms with Gasteiger partial charge in [0.1, 0.15) is 0 Å². The van der Waals surface area contributed by atoms with E-state index in [4.69, 9.17) is 4.74 Å². The lowest BCUT2D eigenvalue weighted by Crippen LogP contribution is -2.46. The maximum absolute atomic E-state index is 12.5. The first-order valence-corrected chi connectivity index (χ1v) is 7.53. The predicted octanol–water partition coefficient (Wildman–Crippen LogP) is 3.00. The van der Waals surface area contributed by atoms with Crippen LogP contribution in [-0.4, -0.2) is 30.6 Å². The molecular formula is C17H22N2O3. The number of allylic oxidation sites excluding steroid dienone is 1. The molecule has 0 radical (unpaired) electrons. The van der Waals surface area contributed by atoms with Gasteiger partial charge < -0.3 is 15.0 Å². The molecule has 0 fully saturated rings. The van der Waals surface area contributed by atoms with Crippen molar-refractivity contribution in [3.8, 4) is 0 Å². The molecule has 1 heterocycles. The van der Waals surface area contributed by atoms with E-state index in [0.717, 1.165) is 18.4 Å². The maximum Gasteiger partial charge on any atom is 0.338 e. The van der Waals surface area contributed by atoms with Gasteiger partial charge in [-0.25, -0.2) is 9.59 Å². The molecule has 118 valence electrons. The highest BCUT2D eigenvalue weighted by Crippen LogP contribution is 2.30. The Kier molecular flexibility index (Phi) is 5.20. The fourth-order valence-corrected chi connectivity index (χ4v) is 2.38. The number of benzene rings is 1. The molecule has 0 saturated heterocycles. The van der Waals surface area contributed by atoms with E-state index in [1.54, 1.807) is 14.0 Å². The quantitative estimate of drug-likeness (QED) is 0.672. The van der Waals surface area contributed by atoms with Crippen LogP contribution in [0.15, 0.2) is 41.6 Å². The number of nitrogens with one attached hydrogen (secondary N) is 1. The first kappa shape index (κ1) is 16.1. The minimum absolute atomic E-state index is 0.225. The lowest BCUT2D eigenvalue weighted by molar-refractivity contribution is -0.139. The number of hydrogen-bond donors (Lipinski definition) is 1. The molecule has 1 aromatic carbocycles. The van der Waals surface area contributed by atoms with Gasteiger partial charge in [0, 0.05) is 12.7 Å². The smallest absolute Gasteiger partial charge is 0.338 e. The van der Waals surface area contributed by atoms with Gasteiger partial charge in [0.15, 0.2) is 0 Å². The van der Waals surface area contributed by atoms with E-state index in [0.29, 0.717) is 17.9 Å². The maximum atomic E-state index is 12.5. The van der Waals surface area contributed by atoms with Gasteiger partial charge in [-0.15, -0.1) is 0 Å². The number of carbonyl (C=O) groups is 2. The number of nitrogens with zero attached hydrogens (tertiary/aromatic N) is 1. The molecule has 2 rings (SSSR count). The predicted molar refractivity (Wildman–Crippen MR) is 84.0 cm³/mol. The molecule has 1 atom stereocenters. The molecule has 0 saturated carbocycles. The van der Waals surface area contributed by atoms with Crippen molar-refractivity contribution in [1.29, 1.82) is 0 Å². The van der Waals surface area contributed by atoms with Crippen LogP contribution < -0.4 is 5.32 Å². The van der Waals surface area contributed by atoms with E-state index >= 15 is 0 Å². The Morgan fingerprint density at radius 1 is 1.32 bits per heavy atom. The molecule has 5 nitrogen and oxygen atoms in total. The summed E-state index contributed by atoms with van der Waals surface area (Å²) in [5, 5.41) is 2.86. The zero-order chi connectivity index (χ0) is 16.1. The second-order valence-corrected chi connectivity index (χ2v) is 5.34. The molecule has 22 heavy (non-hydrogen) atoms. The number of esters is 1. The molecule has 1 N–H and O–H groups in total. The molecule has 0 unspecified atom stereocenters. The summed E-state index contributed by atoms with van der Waals surface area (Å²) in [6, 6.07) is 8.75. The zero-order valence-corrected chi connectivity index (χ0v) is 13.3. The van der Waals surface area contributed by atoms with Crippen LogP contribution in [0.4, 0.5) is 4.79 Å². The Bertz CT molecular complexity index is 581. The number of rotatable bonds is 5. The molecule has 0 aliphatic carbocycles. The standard InChI is InChI=1S/C17H22N2O3/c1-4-5-11-22-16(20)14-12(2)19(3)17(21)18-15(14)13-9-7-6-8-10-13/h6-10,15H,4-5,11H2,1-3H3,(H,18,21)/t15-/m0/s1. The molecule has 0 bridgehead atoms. The number of ether oxygens (including phenoxy) is 1. The average Bonchev–Trinajstić information content (AvgIpc) is 2.53. The molecule has 1 aliphatic heterocycles. The summed E-state index contributed by atoms with van der Waals surface area (Å²) in [6.45, 7) is 4.20. The van der Waals surface area contributed by atoms with Gasteiger partial charge in [0.25, 0.3) is 0 Å². The van der Waals surface area contributed by atoms with Crippen LogP contribution in [0.2, 0.25) is 0 Å². The van der Waals surface area contributed by atoms with Crippen molar-refractivity contribution >= 4 is 12.0 Å². The van der Waals surface area contributed by atoms with E-state index in [1.165, 1.54) is 4.90 Å². The normalized spacial score (nSPS) is 18.2. The molecule has 0 spiro atoms. The first-order chi connectivity index (χ1) is 10.6. The number of carbonyl (C=O) groups excluding carboxylic acids is 2. The zero-order valence-electron chi connectivity index (χ0n) is 13.3. The Labute approximate surface area is 130 Å². The van der Waals surface area contributed by atoms with Crippen LogP contribution in [-0.2, 0) is 9.53 Å². The van der Waals surface area contributed by atoms with Crippen LogP contribution in [0.3, 0.4) is 0 Å². The minimum atomic E-state index is -0.473. The van der Waals surface area contributed by atoms with Crippen molar-refractivity contribution in [2.45, 2.75) is 32.7 Å². The van der Waals surface area contributed by atoms with Gasteiger partial charge in [-0.2, -0.15) is 0 Å². The molecule has 1 aliphatic rings.